The smallest absolute Gasteiger partial charge is 0.123 e. The summed E-state index contributed by atoms with van der Waals surface area (Å²) >= 11 is 0. The van der Waals surface area contributed by atoms with Crippen LogP contribution in [0.4, 0.5) is 4.39 Å². The predicted molar refractivity (Wildman–Crippen MR) is 76.1 cm³/mol. The van der Waals surface area contributed by atoms with E-state index in [9.17, 15) is 4.39 Å². The summed E-state index contributed by atoms with van der Waals surface area (Å²) in [5.74, 6) is 0.369. The average Bonchev–Trinajstić information content (AvgIpc) is 2.87. The van der Waals surface area contributed by atoms with Crippen molar-refractivity contribution in [3.8, 4) is 0 Å². The Balaban J connectivity index is 2.06. The Bertz CT molecular complexity index is 621. The summed E-state index contributed by atoms with van der Waals surface area (Å²) in [6, 6.07) is 6.30. The van der Waals surface area contributed by atoms with E-state index >= 15 is 0 Å². The molecule has 0 spiro atoms. The zero-order valence-corrected chi connectivity index (χ0v) is 10.8. The maximum Gasteiger partial charge on any atom is 0.123 e. The fraction of sp³-hybridized carbons (Fsp3) is 0.267. The highest BCUT2D eigenvalue weighted by molar-refractivity contribution is 6.21. The van der Waals surface area contributed by atoms with Gasteiger partial charge >= 0.3 is 0 Å². The Morgan fingerprint density at radius 3 is 2.47 bits per heavy atom. The molecule has 0 N–H and O–H groups in total. The van der Waals surface area contributed by atoms with E-state index in [1.165, 1.54) is 12.1 Å². The van der Waals surface area contributed by atoms with Gasteiger partial charge in [-0.3, -0.25) is 4.99 Å². The zero-order chi connectivity index (χ0) is 13.4. The van der Waals surface area contributed by atoms with Crippen LogP contribution in [0.1, 0.15) is 19.4 Å². The van der Waals surface area contributed by atoms with Crippen LogP contribution in [0.2, 0.25) is 0 Å². The zero-order valence-electron chi connectivity index (χ0n) is 10.8. The summed E-state index contributed by atoms with van der Waals surface area (Å²) in [6.45, 7) is 4.27. The third-order valence-electron chi connectivity index (χ3n) is 3.37. The van der Waals surface area contributed by atoms with E-state index in [1.54, 1.807) is 18.5 Å². The van der Waals surface area contributed by atoms with Gasteiger partial charge in [-0.15, -0.1) is 0 Å². The Morgan fingerprint density at radius 2 is 1.79 bits per heavy atom. The second-order valence-corrected chi connectivity index (χ2v) is 5.01. The highest BCUT2D eigenvalue weighted by Gasteiger charge is 2.29. The first-order valence-corrected chi connectivity index (χ1v) is 6.32. The van der Waals surface area contributed by atoms with Gasteiger partial charge in [-0.2, -0.15) is 0 Å². The molecule has 0 bridgehead atoms. The first kappa shape index (κ1) is 12.0. The van der Waals surface area contributed by atoms with E-state index in [1.807, 2.05) is 6.21 Å². The summed E-state index contributed by atoms with van der Waals surface area (Å²) in [7, 11) is 0. The Hall–Kier alpha value is -2.10. The lowest BCUT2D eigenvalue weighted by molar-refractivity contribution is 0.609. The number of hydrogen-bond acceptors (Lipinski definition) is 3. The standard InChI is InChI=1S/C15H14FN3/c1-9(2)12-7-17-13(15-14(12)18-8-19-15)10-3-5-11(16)6-4-10/h3-9,12H,1-2H3. The molecule has 19 heavy (non-hydrogen) atoms. The Morgan fingerprint density at radius 1 is 1.05 bits per heavy atom. The minimum absolute atomic E-state index is 0.196. The van der Waals surface area contributed by atoms with Gasteiger partial charge < -0.3 is 0 Å². The first-order chi connectivity index (χ1) is 9.16. The number of hydrogen-bond donors (Lipinski definition) is 0. The number of nitrogens with zero attached hydrogens (tertiary/aromatic N) is 3. The molecule has 0 radical (unpaired) electrons. The van der Waals surface area contributed by atoms with Gasteiger partial charge in [0.15, 0.2) is 0 Å². The molecule has 0 saturated carbocycles. The van der Waals surface area contributed by atoms with E-state index in [4.69, 9.17) is 0 Å². The Kier molecular flexibility index (Phi) is 2.85. The molecule has 3 nitrogen and oxygen atoms in total. The maximum absolute atomic E-state index is 13.0. The van der Waals surface area contributed by atoms with Crippen molar-refractivity contribution >= 4 is 24.0 Å². The van der Waals surface area contributed by atoms with Crippen LogP contribution in [0.15, 0.2) is 44.9 Å². The normalized spacial score (nSPS) is 21.1. The van der Waals surface area contributed by atoms with Gasteiger partial charge in [0.1, 0.15) is 17.9 Å². The number of benzene rings is 1. The molecule has 3 rings (SSSR count). The monoisotopic (exact) mass is 255 g/mol. The van der Waals surface area contributed by atoms with Gasteiger partial charge in [0, 0.05) is 17.7 Å². The molecule has 4 heteroatoms. The topological polar surface area (TPSA) is 37.1 Å². The number of allylic oxidation sites excluding steroid dienone is 1. The van der Waals surface area contributed by atoms with Crippen LogP contribution in [-0.4, -0.2) is 18.3 Å². The fourth-order valence-electron chi connectivity index (χ4n) is 2.30. The van der Waals surface area contributed by atoms with Crippen LogP contribution in [0.25, 0.3) is 5.70 Å². The highest BCUT2D eigenvalue weighted by Crippen LogP contribution is 2.32. The van der Waals surface area contributed by atoms with Crippen molar-refractivity contribution in [1.29, 1.82) is 0 Å². The molecule has 1 atom stereocenters. The SMILES string of the molecule is CC(C)C1C=NC(c2ccc(F)cc2)=C2N=CN=C21. The number of rotatable bonds is 2. The summed E-state index contributed by atoms with van der Waals surface area (Å²) in [6.07, 6.45) is 3.48. The maximum atomic E-state index is 13.0. The summed E-state index contributed by atoms with van der Waals surface area (Å²) in [5.41, 5.74) is 3.41. The van der Waals surface area contributed by atoms with Crippen molar-refractivity contribution < 1.29 is 4.39 Å². The van der Waals surface area contributed by atoms with Crippen molar-refractivity contribution in [2.24, 2.45) is 26.8 Å². The molecule has 1 unspecified atom stereocenters. The fourth-order valence-corrected chi connectivity index (χ4v) is 2.30. The van der Waals surface area contributed by atoms with Crippen LogP contribution in [0.3, 0.4) is 0 Å². The lowest BCUT2D eigenvalue weighted by Crippen LogP contribution is -2.25. The molecule has 0 saturated heterocycles. The molecular formula is C15H14FN3. The summed E-state index contributed by atoms with van der Waals surface area (Å²) < 4.78 is 13.0. The van der Waals surface area contributed by atoms with Gasteiger partial charge in [-0.25, -0.2) is 14.4 Å². The predicted octanol–water partition coefficient (Wildman–Crippen LogP) is 3.33. The lowest BCUT2D eigenvalue weighted by Gasteiger charge is -2.22. The number of fused-ring (bicyclic) bond motifs is 1. The van der Waals surface area contributed by atoms with Crippen LogP contribution >= 0.6 is 0 Å². The Labute approximate surface area is 111 Å². The first-order valence-electron chi connectivity index (χ1n) is 6.32. The molecule has 0 aliphatic carbocycles. The van der Waals surface area contributed by atoms with Gasteiger partial charge in [0.2, 0.25) is 0 Å². The third-order valence-corrected chi connectivity index (χ3v) is 3.37. The van der Waals surface area contributed by atoms with Crippen molar-refractivity contribution in [3.05, 3.63) is 41.3 Å². The largest absolute Gasteiger partial charge is 0.258 e. The molecule has 96 valence electrons. The van der Waals surface area contributed by atoms with Crippen molar-refractivity contribution in [2.45, 2.75) is 13.8 Å². The quantitative estimate of drug-likeness (QED) is 0.777. The molecule has 2 aliphatic rings. The lowest BCUT2D eigenvalue weighted by atomic mass is 9.87. The molecule has 0 aromatic heterocycles. The number of halogens is 1. The van der Waals surface area contributed by atoms with E-state index < -0.39 is 0 Å². The second kappa shape index (κ2) is 4.53. The summed E-state index contributed by atoms with van der Waals surface area (Å²) in [4.78, 5) is 13.2. The van der Waals surface area contributed by atoms with Crippen LogP contribution < -0.4 is 0 Å². The van der Waals surface area contributed by atoms with Crippen LogP contribution in [0, 0.1) is 17.7 Å². The van der Waals surface area contributed by atoms with Gasteiger partial charge in [-0.1, -0.05) is 13.8 Å². The van der Waals surface area contributed by atoms with E-state index in [2.05, 4.69) is 28.8 Å². The molecular weight excluding hydrogens is 241 g/mol. The average molecular weight is 255 g/mol. The molecule has 1 aromatic rings. The van der Waals surface area contributed by atoms with Gasteiger partial charge in [-0.05, 0) is 30.2 Å². The van der Waals surface area contributed by atoms with Crippen molar-refractivity contribution in [3.63, 3.8) is 0 Å². The van der Waals surface area contributed by atoms with Crippen LogP contribution in [-0.2, 0) is 0 Å². The van der Waals surface area contributed by atoms with E-state index in [0.29, 0.717) is 5.92 Å². The molecule has 2 heterocycles. The molecule has 0 amide bonds. The minimum atomic E-state index is -0.252. The van der Waals surface area contributed by atoms with Crippen molar-refractivity contribution in [2.75, 3.05) is 0 Å². The van der Waals surface area contributed by atoms with E-state index in [0.717, 1.165) is 22.7 Å². The molecule has 2 aliphatic heterocycles. The third kappa shape index (κ3) is 2.03. The molecule has 1 aromatic carbocycles. The van der Waals surface area contributed by atoms with Crippen LogP contribution in [0.5, 0.6) is 0 Å². The van der Waals surface area contributed by atoms with Crippen molar-refractivity contribution in [1.82, 2.24) is 0 Å². The van der Waals surface area contributed by atoms with Gasteiger partial charge in [0.25, 0.3) is 0 Å². The molecule has 0 fully saturated rings. The van der Waals surface area contributed by atoms with E-state index in [-0.39, 0.29) is 11.7 Å². The minimum Gasteiger partial charge on any atom is -0.258 e. The second-order valence-electron chi connectivity index (χ2n) is 5.01. The number of aliphatic imine (C=N–C) groups is 3. The highest BCUT2D eigenvalue weighted by atomic mass is 19.1. The van der Waals surface area contributed by atoms with Gasteiger partial charge in [0.05, 0.1) is 11.4 Å². The summed E-state index contributed by atoms with van der Waals surface area (Å²) in [5, 5.41) is 0.